The van der Waals surface area contributed by atoms with E-state index in [4.69, 9.17) is 9.47 Å². The summed E-state index contributed by atoms with van der Waals surface area (Å²) in [6.45, 7) is 3.79. The van der Waals surface area contributed by atoms with Gasteiger partial charge in [-0.1, -0.05) is 12.1 Å². The highest BCUT2D eigenvalue weighted by atomic mass is 16.6. The predicted molar refractivity (Wildman–Crippen MR) is 96.4 cm³/mol. The van der Waals surface area contributed by atoms with Crippen molar-refractivity contribution in [1.29, 1.82) is 0 Å². The zero-order valence-electron chi connectivity index (χ0n) is 14.3. The molecule has 1 fully saturated rings. The van der Waals surface area contributed by atoms with E-state index in [9.17, 15) is 4.79 Å². The fourth-order valence-electron chi connectivity index (χ4n) is 3.74. The van der Waals surface area contributed by atoms with Crippen LogP contribution in [-0.2, 0) is 0 Å². The SMILES string of the molecule is O=c1cc(C2CCN(CCC3COc4ccccc4O3)CC2)cc[nH]1. The summed E-state index contributed by atoms with van der Waals surface area (Å²) in [4.78, 5) is 16.7. The van der Waals surface area contributed by atoms with E-state index in [1.54, 1.807) is 12.3 Å². The molecule has 1 atom stereocenters. The Kier molecular flexibility index (Phi) is 4.74. The number of ether oxygens (including phenoxy) is 2. The second-order valence-corrected chi connectivity index (χ2v) is 6.89. The maximum absolute atomic E-state index is 11.5. The van der Waals surface area contributed by atoms with E-state index in [1.165, 1.54) is 5.56 Å². The third-order valence-electron chi connectivity index (χ3n) is 5.19. The lowest BCUT2D eigenvalue weighted by Crippen LogP contribution is -2.38. The molecule has 1 N–H and O–H groups in total. The molecule has 0 aliphatic carbocycles. The molecule has 1 aromatic carbocycles. The van der Waals surface area contributed by atoms with Gasteiger partial charge in [0.05, 0.1) is 0 Å². The number of para-hydroxylation sites is 2. The van der Waals surface area contributed by atoms with Crippen LogP contribution in [0.25, 0.3) is 0 Å². The summed E-state index contributed by atoms with van der Waals surface area (Å²) < 4.78 is 11.8. The molecular weight excluding hydrogens is 316 g/mol. The van der Waals surface area contributed by atoms with Crippen LogP contribution in [0, 0.1) is 0 Å². The van der Waals surface area contributed by atoms with E-state index < -0.39 is 0 Å². The Balaban J connectivity index is 1.25. The van der Waals surface area contributed by atoms with E-state index in [1.807, 2.05) is 30.3 Å². The molecule has 0 amide bonds. The van der Waals surface area contributed by atoms with Crippen molar-refractivity contribution in [2.45, 2.75) is 31.3 Å². The first-order valence-electron chi connectivity index (χ1n) is 9.07. The van der Waals surface area contributed by atoms with Gasteiger partial charge in [-0.25, -0.2) is 0 Å². The fraction of sp³-hybridized carbons (Fsp3) is 0.450. The summed E-state index contributed by atoms with van der Waals surface area (Å²) in [5.74, 6) is 2.20. The molecule has 1 unspecified atom stereocenters. The number of aromatic amines is 1. The van der Waals surface area contributed by atoms with Crippen molar-refractivity contribution in [2.75, 3.05) is 26.2 Å². The highest BCUT2D eigenvalue weighted by molar-refractivity contribution is 5.40. The number of hydrogen-bond donors (Lipinski definition) is 1. The molecule has 5 nitrogen and oxygen atoms in total. The van der Waals surface area contributed by atoms with Crippen LogP contribution in [0.1, 0.15) is 30.7 Å². The lowest BCUT2D eigenvalue weighted by atomic mass is 9.90. The number of hydrogen-bond acceptors (Lipinski definition) is 4. The van der Waals surface area contributed by atoms with Crippen molar-refractivity contribution in [1.82, 2.24) is 9.88 Å². The third-order valence-corrected chi connectivity index (χ3v) is 5.19. The van der Waals surface area contributed by atoms with Gasteiger partial charge in [-0.2, -0.15) is 0 Å². The zero-order chi connectivity index (χ0) is 17.1. The van der Waals surface area contributed by atoms with Crippen LogP contribution in [0.2, 0.25) is 0 Å². The van der Waals surface area contributed by atoms with Gasteiger partial charge in [0.2, 0.25) is 5.56 Å². The molecule has 5 heteroatoms. The van der Waals surface area contributed by atoms with Gasteiger partial charge in [0.15, 0.2) is 11.5 Å². The van der Waals surface area contributed by atoms with Crippen LogP contribution in [0.3, 0.4) is 0 Å². The van der Waals surface area contributed by atoms with Crippen LogP contribution in [0.15, 0.2) is 47.4 Å². The third kappa shape index (κ3) is 3.87. The van der Waals surface area contributed by atoms with Crippen LogP contribution < -0.4 is 15.0 Å². The van der Waals surface area contributed by atoms with E-state index in [0.29, 0.717) is 12.5 Å². The summed E-state index contributed by atoms with van der Waals surface area (Å²) >= 11 is 0. The molecule has 1 saturated heterocycles. The predicted octanol–water partition coefficient (Wildman–Crippen LogP) is 2.78. The molecule has 25 heavy (non-hydrogen) atoms. The average Bonchev–Trinajstić information content (AvgIpc) is 2.66. The summed E-state index contributed by atoms with van der Waals surface area (Å²) in [5.41, 5.74) is 1.17. The second kappa shape index (κ2) is 7.31. The molecule has 132 valence electrons. The molecule has 2 aliphatic rings. The van der Waals surface area contributed by atoms with Gasteiger partial charge in [0, 0.05) is 25.2 Å². The Labute approximate surface area is 147 Å². The van der Waals surface area contributed by atoms with Crippen molar-refractivity contribution in [3.05, 3.63) is 58.5 Å². The Morgan fingerprint density at radius 2 is 1.92 bits per heavy atom. The monoisotopic (exact) mass is 340 g/mol. The van der Waals surface area contributed by atoms with E-state index in [0.717, 1.165) is 50.4 Å². The number of piperidine rings is 1. The molecule has 2 aromatic rings. The smallest absolute Gasteiger partial charge is 0.248 e. The molecule has 0 saturated carbocycles. The van der Waals surface area contributed by atoms with Gasteiger partial charge in [-0.3, -0.25) is 4.79 Å². The minimum Gasteiger partial charge on any atom is -0.486 e. The van der Waals surface area contributed by atoms with Crippen molar-refractivity contribution in [3.63, 3.8) is 0 Å². The van der Waals surface area contributed by atoms with E-state index >= 15 is 0 Å². The maximum atomic E-state index is 11.5. The highest BCUT2D eigenvalue weighted by Gasteiger charge is 2.24. The van der Waals surface area contributed by atoms with E-state index in [-0.39, 0.29) is 11.7 Å². The lowest BCUT2D eigenvalue weighted by molar-refractivity contribution is 0.0718. The maximum Gasteiger partial charge on any atom is 0.248 e. The van der Waals surface area contributed by atoms with Crippen molar-refractivity contribution < 1.29 is 9.47 Å². The van der Waals surface area contributed by atoms with Gasteiger partial charge in [-0.15, -0.1) is 0 Å². The molecule has 4 rings (SSSR count). The number of rotatable bonds is 4. The number of aromatic nitrogens is 1. The number of benzene rings is 1. The van der Waals surface area contributed by atoms with Crippen molar-refractivity contribution in [3.8, 4) is 11.5 Å². The summed E-state index contributed by atoms with van der Waals surface area (Å²) in [6.07, 6.45) is 5.06. The van der Waals surface area contributed by atoms with Crippen molar-refractivity contribution >= 4 is 0 Å². The van der Waals surface area contributed by atoms with Gasteiger partial charge >= 0.3 is 0 Å². The van der Waals surface area contributed by atoms with Crippen LogP contribution in [-0.4, -0.2) is 42.2 Å². The number of likely N-dealkylation sites (tertiary alicyclic amines) is 1. The molecule has 0 spiro atoms. The molecule has 1 aromatic heterocycles. The van der Waals surface area contributed by atoms with Crippen LogP contribution in [0.4, 0.5) is 0 Å². The quantitative estimate of drug-likeness (QED) is 0.930. The minimum atomic E-state index is -0.00495. The van der Waals surface area contributed by atoms with Crippen LogP contribution >= 0.6 is 0 Å². The largest absolute Gasteiger partial charge is 0.486 e. The van der Waals surface area contributed by atoms with Gasteiger partial charge in [0.1, 0.15) is 12.7 Å². The first-order chi connectivity index (χ1) is 12.3. The van der Waals surface area contributed by atoms with Gasteiger partial charge < -0.3 is 19.4 Å². The number of nitrogens with one attached hydrogen (secondary N) is 1. The molecule has 3 heterocycles. The molecule has 2 aliphatic heterocycles. The first kappa shape index (κ1) is 16.2. The van der Waals surface area contributed by atoms with Gasteiger partial charge in [-0.05, 0) is 55.6 Å². The number of pyridine rings is 1. The average molecular weight is 340 g/mol. The standard InChI is InChI=1S/C20H24N2O3/c23-20-13-16(5-9-21-20)15-6-10-22(11-7-15)12-8-17-14-24-18-3-1-2-4-19(18)25-17/h1-5,9,13,15,17H,6-8,10-12,14H2,(H,21,23). The zero-order valence-corrected chi connectivity index (χ0v) is 14.3. The number of H-pyrrole nitrogens is 1. The number of fused-ring (bicyclic) bond motifs is 1. The van der Waals surface area contributed by atoms with E-state index in [2.05, 4.69) is 9.88 Å². The van der Waals surface area contributed by atoms with Crippen molar-refractivity contribution in [2.24, 2.45) is 0 Å². The first-order valence-corrected chi connectivity index (χ1v) is 9.07. The summed E-state index contributed by atoms with van der Waals surface area (Å²) in [6, 6.07) is 11.6. The van der Waals surface area contributed by atoms with Gasteiger partial charge in [0.25, 0.3) is 0 Å². The Morgan fingerprint density at radius 3 is 2.72 bits per heavy atom. The Bertz CT molecular complexity index is 765. The molecular formula is C20H24N2O3. The molecule has 0 bridgehead atoms. The second-order valence-electron chi connectivity index (χ2n) is 6.89. The Hall–Kier alpha value is -2.27. The summed E-state index contributed by atoms with van der Waals surface area (Å²) in [7, 11) is 0. The molecule has 0 radical (unpaired) electrons. The minimum absolute atomic E-state index is 0.00495. The Morgan fingerprint density at radius 1 is 1.12 bits per heavy atom. The fourth-order valence-corrected chi connectivity index (χ4v) is 3.74. The number of nitrogens with zero attached hydrogens (tertiary/aromatic N) is 1. The summed E-state index contributed by atoms with van der Waals surface area (Å²) in [5, 5.41) is 0. The topological polar surface area (TPSA) is 54.6 Å². The highest BCUT2D eigenvalue weighted by Crippen LogP contribution is 2.32. The lowest BCUT2D eigenvalue weighted by Gasteiger charge is -2.33. The normalized spacial score (nSPS) is 21.2. The van der Waals surface area contributed by atoms with Crippen LogP contribution in [0.5, 0.6) is 11.5 Å².